The average Bonchev–Trinajstić information content (AvgIpc) is 3.01. The Kier molecular flexibility index (Phi) is 4.61. The van der Waals surface area contributed by atoms with Gasteiger partial charge in [0.05, 0.1) is 19.2 Å². The first-order valence-corrected chi connectivity index (χ1v) is 6.35. The van der Waals surface area contributed by atoms with Crippen molar-refractivity contribution >= 4 is 17.6 Å². The number of amides is 1. The molecule has 0 aliphatic carbocycles. The van der Waals surface area contributed by atoms with E-state index in [0.717, 1.165) is 5.69 Å². The van der Waals surface area contributed by atoms with Gasteiger partial charge in [0.15, 0.2) is 0 Å². The Labute approximate surface area is 122 Å². The molecule has 0 unspecified atom stereocenters. The lowest BCUT2D eigenvalue weighted by Crippen LogP contribution is -2.17. The summed E-state index contributed by atoms with van der Waals surface area (Å²) in [6.07, 6.45) is 1.36. The van der Waals surface area contributed by atoms with Crippen molar-refractivity contribution in [1.82, 2.24) is 5.32 Å². The highest BCUT2D eigenvalue weighted by molar-refractivity contribution is 5.94. The highest BCUT2D eigenvalue weighted by Crippen LogP contribution is 2.13. The highest BCUT2D eigenvalue weighted by Gasteiger charge is 2.10. The lowest BCUT2D eigenvalue weighted by atomic mass is 10.2. The summed E-state index contributed by atoms with van der Waals surface area (Å²) in [5.41, 5.74) is 1.82. The summed E-state index contributed by atoms with van der Waals surface area (Å²) < 4.78 is 9.86. The Hall–Kier alpha value is -2.76. The average molecular weight is 288 g/mol. The molecule has 0 saturated carbocycles. The molecule has 0 fully saturated rings. The molecule has 0 aliphatic heterocycles. The molecule has 2 rings (SSSR count). The Morgan fingerprint density at radius 2 is 1.90 bits per heavy atom. The number of esters is 1. The number of carbonyl (C=O) groups excluding carboxylic acids is 2. The fraction of sp³-hybridized carbons (Fsp3) is 0.200. The quantitative estimate of drug-likeness (QED) is 0.823. The largest absolute Gasteiger partial charge is 0.467 e. The van der Waals surface area contributed by atoms with E-state index < -0.39 is 5.97 Å². The number of rotatable bonds is 5. The number of benzene rings is 1. The van der Waals surface area contributed by atoms with E-state index in [2.05, 4.69) is 15.4 Å². The maximum Gasteiger partial charge on any atom is 0.341 e. The number of carbonyl (C=O) groups is 2. The minimum absolute atomic E-state index is 0.129. The van der Waals surface area contributed by atoms with E-state index in [-0.39, 0.29) is 5.91 Å². The Morgan fingerprint density at radius 3 is 2.52 bits per heavy atom. The van der Waals surface area contributed by atoms with Gasteiger partial charge in [-0.05, 0) is 30.3 Å². The van der Waals surface area contributed by atoms with Crippen molar-refractivity contribution in [2.24, 2.45) is 0 Å². The van der Waals surface area contributed by atoms with Crippen LogP contribution in [0.4, 0.5) is 5.69 Å². The van der Waals surface area contributed by atoms with E-state index in [1.54, 1.807) is 37.4 Å². The van der Waals surface area contributed by atoms with Crippen LogP contribution in [0.5, 0.6) is 0 Å². The summed E-state index contributed by atoms with van der Waals surface area (Å²) in [6, 6.07) is 8.67. The second kappa shape index (κ2) is 6.60. The van der Waals surface area contributed by atoms with Gasteiger partial charge in [-0.25, -0.2) is 4.79 Å². The minimum atomic E-state index is -0.431. The highest BCUT2D eigenvalue weighted by atomic mass is 16.5. The van der Waals surface area contributed by atoms with Crippen LogP contribution in [0, 0.1) is 0 Å². The number of anilines is 1. The molecule has 0 atom stereocenters. The van der Waals surface area contributed by atoms with E-state index in [9.17, 15) is 9.59 Å². The summed E-state index contributed by atoms with van der Waals surface area (Å²) in [6.45, 7) is 0.427. The predicted molar refractivity (Wildman–Crippen MR) is 77.2 cm³/mol. The van der Waals surface area contributed by atoms with E-state index in [1.165, 1.54) is 13.4 Å². The number of methoxy groups -OCH3 is 1. The Morgan fingerprint density at radius 1 is 1.19 bits per heavy atom. The van der Waals surface area contributed by atoms with Gasteiger partial charge < -0.3 is 19.8 Å². The lowest BCUT2D eigenvalue weighted by Gasteiger charge is -2.05. The first-order valence-electron chi connectivity index (χ1n) is 6.35. The Balaban J connectivity index is 1.95. The van der Waals surface area contributed by atoms with Gasteiger partial charge in [-0.3, -0.25) is 4.79 Å². The van der Waals surface area contributed by atoms with Crippen LogP contribution in [0.1, 0.15) is 26.5 Å². The predicted octanol–water partition coefficient (Wildman–Crippen LogP) is 2.04. The van der Waals surface area contributed by atoms with Gasteiger partial charge in [-0.15, -0.1) is 0 Å². The molecule has 2 aromatic rings. The van der Waals surface area contributed by atoms with Crippen LogP contribution in [-0.2, 0) is 11.3 Å². The summed E-state index contributed by atoms with van der Waals surface area (Å²) in [5.74, 6) is 0.0565. The van der Waals surface area contributed by atoms with Gasteiger partial charge in [0, 0.05) is 18.3 Å². The van der Waals surface area contributed by atoms with Crippen LogP contribution in [0.15, 0.2) is 41.0 Å². The third-order valence-corrected chi connectivity index (χ3v) is 2.92. The fourth-order valence-electron chi connectivity index (χ4n) is 1.77. The number of ether oxygens (including phenoxy) is 1. The number of hydrogen-bond donors (Lipinski definition) is 2. The zero-order valence-electron chi connectivity index (χ0n) is 11.8. The number of hydrogen-bond acceptors (Lipinski definition) is 5. The monoisotopic (exact) mass is 288 g/mol. The molecule has 1 aromatic carbocycles. The van der Waals surface area contributed by atoms with Gasteiger partial charge in [0.1, 0.15) is 12.0 Å². The molecular formula is C15H16N2O4. The van der Waals surface area contributed by atoms with Crippen molar-refractivity contribution in [1.29, 1.82) is 0 Å². The minimum Gasteiger partial charge on any atom is -0.467 e. The van der Waals surface area contributed by atoms with Crippen LogP contribution in [0.3, 0.4) is 0 Å². The standard InChI is InChI=1S/C15H16N2O4/c1-16-14(18)10-3-5-12(6-4-10)17-8-13-7-11(9-21-13)15(19)20-2/h3-7,9,17H,8H2,1-2H3,(H,16,18). The first kappa shape index (κ1) is 14.6. The molecule has 6 heteroatoms. The third kappa shape index (κ3) is 3.62. The SMILES string of the molecule is CNC(=O)c1ccc(NCc2cc(C(=O)OC)co2)cc1. The molecule has 1 heterocycles. The molecule has 21 heavy (non-hydrogen) atoms. The van der Waals surface area contributed by atoms with Gasteiger partial charge >= 0.3 is 5.97 Å². The Bertz CT molecular complexity index is 631. The molecular weight excluding hydrogens is 272 g/mol. The molecule has 0 spiro atoms. The van der Waals surface area contributed by atoms with Gasteiger partial charge in [-0.1, -0.05) is 0 Å². The molecule has 0 radical (unpaired) electrons. The van der Waals surface area contributed by atoms with Crippen LogP contribution in [0.2, 0.25) is 0 Å². The normalized spacial score (nSPS) is 10.0. The molecule has 110 valence electrons. The van der Waals surface area contributed by atoms with E-state index in [0.29, 0.717) is 23.4 Å². The first-order chi connectivity index (χ1) is 10.1. The molecule has 2 N–H and O–H groups in total. The van der Waals surface area contributed by atoms with E-state index in [4.69, 9.17) is 4.42 Å². The zero-order chi connectivity index (χ0) is 15.2. The molecule has 0 saturated heterocycles. The van der Waals surface area contributed by atoms with Crippen molar-refractivity contribution in [3.8, 4) is 0 Å². The smallest absolute Gasteiger partial charge is 0.341 e. The van der Waals surface area contributed by atoms with Crippen molar-refractivity contribution in [2.45, 2.75) is 6.54 Å². The van der Waals surface area contributed by atoms with Crippen LogP contribution in [-0.4, -0.2) is 26.0 Å². The molecule has 0 bridgehead atoms. The van der Waals surface area contributed by atoms with Crippen LogP contribution >= 0.6 is 0 Å². The molecule has 1 amide bonds. The lowest BCUT2D eigenvalue weighted by molar-refractivity contribution is 0.0599. The van der Waals surface area contributed by atoms with E-state index >= 15 is 0 Å². The second-order valence-corrected chi connectivity index (χ2v) is 4.30. The van der Waals surface area contributed by atoms with Crippen LogP contribution in [0.25, 0.3) is 0 Å². The maximum atomic E-state index is 11.4. The molecule has 1 aromatic heterocycles. The van der Waals surface area contributed by atoms with Gasteiger partial charge in [0.25, 0.3) is 5.91 Å². The zero-order valence-corrected chi connectivity index (χ0v) is 11.8. The van der Waals surface area contributed by atoms with Crippen LogP contribution < -0.4 is 10.6 Å². The van der Waals surface area contributed by atoms with Crippen molar-refractivity contribution in [2.75, 3.05) is 19.5 Å². The summed E-state index contributed by atoms with van der Waals surface area (Å²) in [7, 11) is 2.91. The summed E-state index contributed by atoms with van der Waals surface area (Å²) >= 11 is 0. The maximum absolute atomic E-state index is 11.4. The molecule has 0 aliphatic rings. The van der Waals surface area contributed by atoms with Crippen molar-refractivity contribution in [3.05, 3.63) is 53.5 Å². The van der Waals surface area contributed by atoms with Crippen molar-refractivity contribution < 1.29 is 18.7 Å². The third-order valence-electron chi connectivity index (χ3n) is 2.92. The van der Waals surface area contributed by atoms with Crippen molar-refractivity contribution in [3.63, 3.8) is 0 Å². The number of nitrogens with one attached hydrogen (secondary N) is 2. The second-order valence-electron chi connectivity index (χ2n) is 4.30. The summed E-state index contributed by atoms with van der Waals surface area (Å²) in [5, 5.41) is 5.70. The van der Waals surface area contributed by atoms with E-state index in [1.807, 2.05) is 0 Å². The van der Waals surface area contributed by atoms with Gasteiger partial charge in [-0.2, -0.15) is 0 Å². The molecule has 6 nitrogen and oxygen atoms in total. The topological polar surface area (TPSA) is 80.6 Å². The fourth-order valence-corrected chi connectivity index (χ4v) is 1.77. The number of furan rings is 1. The summed E-state index contributed by atoms with van der Waals surface area (Å²) in [4.78, 5) is 22.7. The van der Waals surface area contributed by atoms with Gasteiger partial charge in [0.2, 0.25) is 0 Å².